The molecule has 0 bridgehead atoms. The van der Waals surface area contributed by atoms with E-state index in [2.05, 4.69) is 4.74 Å². The molecule has 0 aromatic rings. The first-order valence-corrected chi connectivity index (χ1v) is 8.05. The molecule has 1 heterocycles. The predicted molar refractivity (Wildman–Crippen MR) is 67.3 cm³/mol. The third-order valence-corrected chi connectivity index (χ3v) is 5.05. The highest BCUT2D eigenvalue weighted by Gasteiger charge is 2.56. The molecule has 0 aromatic heterocycles. The Morgan fingerprint density at radius 2 is 2.05 bits per heavy atom. The number of esters is 2. The molecule has 1 aliphatic carbocycles. The van der Waals surface area contributed by atoms with Gasteiger partial charge in [-0.15, -0.1) is 0 Å². The van der Waals surface area contributed by atoms with Crippen LogP contribution >= 0.6 is 0 Å². The molecule has 0 aromatic carbocycles. The zero-order chi connectivity index (χ0) is 16.9. The maximum absolute atomic E-state index is 13.0. The Bertz CT molecular complexity index is 599. The van der Waals surface area contributed by atoms with Crippen LogP contribution < -0.4 is 0 Å². The summed E-state index contributed by atoms with van der Waals surface area (Å²) in [6, 6.07) is 0. The highest BCUT2D eigenvalue weighted by Crippen LogP contribution is 2.49. The van der Waals surface area contributed by atoms with E-state index in [-0.39, 0.29) is 23.7 Å². The zero-order valence-corrected chi connectivity index (χ0v) is 12.7. The standard InChI is InChI=1S/C12H16F2O7S/c1-11(2)8-4-6(3-7(8)9(15)21-11)5-20-10(16)12(13,14)22(17,18)19/h6-8H,3-5H2,1-2H3,(H,17,18,19). The lowest BCUT2D eigenvalue weighted by atomic mass is 9.86. The lowest BCUT2D eigenvalue weighted by Crippen LogP contribution is -2.39. The largest absolute Gasteiger partial charge is 0.465 e. The molecule has 10 heteroatoms. The minimum absolute atomic E-state index is 0.106. The summed E-state index contributed by atoms with van der Waals surface area (Å²) < 4.78 is 64.7. The van der Waals surface area contributed by atoms with Gasteiger partial charge in [-0.2, -0.15) is 17.2 Å². The Balaban J connectivity index is 1.95. The molecule has 7 nitrogen and oxygen atoms in total. The van der Waals surface area contributed by atoms with Gasteiger partial charge in [0.2, 0.25) is 0 Å². The minimum Gasteiger partial charge on any atom is -0.460 e. The average Bonchev–Trinajstić information content (AvgIpc) is 2.86. The number of halogens is 2. The maximum atomic E-state index is 13.0. The summed E-state index contributed by atoms with van der Waals surface area (Å²) in [5, 5.41) is -5.00. The molecule has 1 N–H and O–H groups in total. The first-order valence-electron chi connectivity index (χ1n) is 6.61. The number of hydrogen-bond acceptors (Lipinski definition) is 6. The third-order valence-electron chi connectivity index (χ3n) is 4.23. The van der Waals surface area contributed by atoms with E-state index in [9.17, 15) is 26.8 Å². The van der Waals surface area contributed by atoms with Gasteiger partial charge in [-0.3, -0.25) is 9.35 Å². The van der Waals surface area contributed by atoms with Crippen molar-refractivity contribution < 1.29 is 40.8 Å². The number of cyclic esters (lactones) is 1. The fourth-order valence-electron chi connectivity index (χ4n) is 3.10. The van der Waals surface area contributed by atoms with Crippen molar-refractivity contribution in [1.29, 1.82) is 0 Å². The molecule has 2 aliphatic rings. The van der Waals surface area contributed by atoms with Crippen LogP contribution in [0.2, 0.25) is 0 Å². The van der Waals surface area contributed by atoms with Crippen molar-refractivity contribution in [2.45, 2.75) is 37.5 Å². The molecule has 1 saturated carbocycles. The van der Waals surface area contributed by atoms with Crippen LogP contribution in [-0.4, -0.2) is 42.4 Å². The van der Waals surface area contributed by atoms with Gasteiger partial charge in [0.15, 0.2) is 0 Å². The van der Waals surface area contributed by atoms with Gasteiger partial charge < -0.3 is 9.47 Å². The SMILES string of the molecule is CC1(C)OC(=O)C2CC(COC(=O)C(F)(F)S(=O)(=O)O)CC21. The molecule has 22 heavy (non-hydrogen) atoms. The summed E-state index contributed by atoms with van der Waals surface area (Å²) in [6.45, 7) is 3.05. The molecule has 2 rings (SSSR count). The van der Waals surface area contributed by atoms with E-state index in [1.165, 1.54) is 0 Å². The van der Waals surface area contributed by atoms with E-state index in [1.807, 2.05) is 0 Å². The predicted octanol–water partition coefficient (Wildman–Crippen LogP) is 0.988. The van der Waals surface area contributed by atoms with E-state index in [0.717, 1.165) is 0 Å². The van der Waals surface area contributed by atoms with Crippen molar-refractivity contribution in [3.8, 4) is 0 Å². The Labute approximate surface area is 125 Å². The van der Waals surface area contributed by atoms with Crippen LogP contribution in [0.25, 0.3) is 0 Å². The van der Waals surface area contributed by atoms with Gasteiger partial charge in [0.1, 0.15) is 5.60 Å². The van der Waals surface area contributed by atoms with Gasteiger partial charge in [-0.05, 0) is 32.6 Å². The van der Waals surface area contributed by atoms with Gasteiger partial charge in [0, 0.05) is 5.92 Å². The van der Waals surface area contributed by atoms with Crippen LogP contribution in [0.4, 0.5) is 8.78 Å². The zero-order valence-electron chi connectivity index (χ0n) is 11.9. The molecule has 3 unspecified atom stereocenters. The monoisotopic (exact) mass is 342 g/mol. The summed E-state index contributed by atoms with van der Waals surface area (Å²) in [6.07, 6.45) is 0.756. The molecule has 126 valence electrons. The Kier molecular flexibility index (Phi) is 3.97. The summed E-state index contributed by atoms with van der Waals surface area (Å²) in [7, 11) is -5.87. The summed E-state index contributed by atoms with van der Waals surface area (Å²) in [4.78, 5) is 22.8. The second kappa shape index (κ2) is 5.12. The van der Waals surface area contributed by atoms with E-state index in [0.29, 0.717) is 12.8 Å². The Morgan fingerprint density at radius 1 is 1.45 bits per heavy atom. The van der Waals surface area contributed by atoms with E-state index in [1.54, 1.807) is 13.8 Å². The van der Waals surface area contributed by atoms with Gasteiger partial charge in [-0.1, -0.05) is 0 Å². The van der Waals surface area contributed by atoms with Gasteiger partial charge in [-0.25, -0.2) is 4.79 Å². The van der Waals surface area contributed by atoms with E-state index < -0.39 is 33.5 Å². The van der Waals surface area contributed by atoms with Crippen LogP contribution in [-0.2, 0) is 29.2 Å². The van der Waals surface area contributed by atoms with Crippen molar-refractivity contribution in [2.24, 2.45) is 17.8 Å². The van der Waals surface area contributed by atoms with Crippen LogP contribution in [0.15, 0.2) is 0 Å². The summed E-state index contributed by atoms with van der Waals surface area (Å²) in [5.41, 5.74) is -0.668. The maximum Gasteiger partial charge on any atom is 0.465 e. The molecule has 1 saturated heterocycles. The molecular formula is C12H16F2O7S. The second-order valence-corrected chi connectivity index (χ2v) is 7.63. The molecule has 2 fully saturated rings. The fourth-order valence-corrected chi connectivity index (χ4v) is 3.37. The fraction of sp³-hybridized carbons (Fsp3) is 0.833. The van der Waals surface area contributed by atoms with E-state index >= 15 is 0 Å². The van der Waals surface area contributed by atoms with Crippen molar-refractivity contribution >= 4 is 22.1 Å². The molecule has 1 aliphatic heterocycles. The minimum atomic E-state index is -5.87. The van der Waals surface area contributed by atoms with Crippen LogP contribution in [0.3, 0.4) is 0 Å². The lowest BCUT2D eigenvalue weighted by molar-refractivity contribution is -0.163. The Morgan fingerprint density at radius 3 is 2.55 bits per heavy atom. The number of carbonyl (C=O) groups excluding carboxylic acids is 2. The smallest absolute Gasteiger partial charge is 0.460 e. The highest BCUT2D eigenvalue weighted by atomic mass is 32.2. The molecule has 0 radical (unpaired) electrons. The molecule has 3 atom stereocenters. The number of carbonyl (C=O) groups is 2. The van der Waals surface area contributed by atoms with Crippen LogP contribution in [0.5, 0.6) is 0 Å². The van der Waals surface area contributed by atoms with Crippen molar-refractivity contribution in [3.05, 3.63) is 0 Å². The quantitative estimate of drug-likeness (QED) is 0.599. The van der Waals surface area contributed by atoms with E-state index in [4.69, 9.17) is 9.29 Å². The van der Waals surface area contributed by atoms with Crippen molar-refractivity contribution in [1.82, 2.24) is 0 Å². The normalized spacial score (nSPS) is 30.8. The summed E-state index contributed by atoms with van der Waals surface area (Å²) in [5.74, 6) is -3.52. The van der Waals surface area contributed by atoms with Gasteiger partial charge in [0.25, 0.3) is 0 Å². The number of fused-ring (bicyclic) bond motifs is 1. The number of ether oxygens (including phenoxy) is 2. The first kappa shape index (κ1) is 17.1. The number of alkyl halides is 2. The molecule has 0 amide bonds. The number of hydrogen-bond donors (Lipinski definition) is 1. The third kappa shape index (κ3) is 2.81. The average molecular weight is 342 g/mol. The van der Waals surface area contributed by atoms with Crippen molar-refractivity contribution in [3.63, 3.8) is 0 Å². The van der Waals surface area contributed by atoms with Crippen LogP contribution in [0.1, 0.15) is 26.7 Å². The topological polar surface area (TPSA) is 107 Å². The molecule has 0 spiro atoms. The lowest BCUT2D eigenvalue weighted by Gasteiger charge is -2.24. The van der Waals surface area contributed by atoms with Gasteiger partial charge in [0.05, 0.1) is 12.5 Å². The number of rotatable bonds is 4. The van der Waals surface area contributed by atoms with Crippen LogP contribution in [0, 0.1) is 17.8 Å². The Hall–Kier alpha value is -1.29. The first-order chi connectivity index (χ1) is 9.86. The van der Waals surface area contributed by atoms with Crippen molar-refractivity contribution in [2.75, 3.05) is 6.61 Å². The molecular weight excluding hydrogens is 326 g/mol. The van der Waals surface area contributed by atoms with Gasteiger partial charge >= 0.3 is 27.3 Å². The second-order valence-electron chi connectivity index (χ2n) is 6.17. The summed E-state index contributed by atoms with van der Waals surface area (Å²) >= 11 is 0. The highest BCUT2D eigenvalue weighted by molar-refractivity contribution is 7.87.